The Hall–Kier alpha value is -3.74. The lowest BCUT2D eigenvalue weighted by atomic mass is 9.86. The predicted molar refractivity (Wildman–Crippen MR) is 135 cm³/mol. The molecule has 176 valence electrons. The normalized spacial score (nSPS) is 11.5. The smallest absolute Gasteiger partial charge is 0.343 e. The molecule has 0 saturated heterocycles. The zero-order valence-electron chi connectivity index (χ0n) is 18.1. The highest BCUT2D eigenvalue weighted by Crippen LogP contribution is 2.36. The van der Waals surface area contributed by atoms with Crippen LogP contribution in [0.5, 0.6) is 11.5 Å². The molecule has 0 atom stereocenters. The van der Waals surface area contributed by atoms with Gasteiger partial charge in [0.1, 0.15) is 22.7 Å². The van der Waals surface area contributed by atoms with Crippen LogP contribution in [0.15, 0.2) is 85.2 Å². The first-order valence-corrected chi connectivity index (χ1v) is 11.5. The van der Waals surface area contributed by atoms with Crippen molar-refractivity contribution in [3.63, 3.8) is 0 Å². The summed E-state index contributed by atoms with van der Waals surface area (Å²) < 4.78 is 10.8. The number of aromatic hydroxyl groups is 2. The van der Waals surface area contributed by atoms with Crippen LogP contribution in [0.2, 0.25) is 10.0 Å². The third-order valence-electron chi connectivity index (χ3n) is 6.07. The number of benzene rings is 3. The fourth-order valence-electron chi connectivity index (χ4n) is 4.27. The van der Waals surface area contributed by atoms with E-state index in [0.717, 1.165) is 0 Å². The molecule has 5 aromatic rings. The average molecular weight is 509 g/mol. The highest BCUT2D eigenvalue weighted by Gasteiger charge is 2.25. The highest BCUT2D eigenvalue weighted by atomic mass is 35.5. The number of halogens is 2. The van der Waals surface area contributed by atoms with Crippen molar-refractivity contribution >= 4 is 45.1 Å². The Morgan fingerprint density at radius 2 is 1.17 bits per heavy atom. The van der Waals surface area contributed by atoms with Crippen molar-refractivity contribution < 1.29 is 19.0 Å². The third kappa shape index (κ3) is 4.27. The topological polar surface area (TPSA) is 101 Å². The molecule has 0 aliphatic rings. The molecule has 0 saturated carbocycles. The first-order valence-electron chi connectivity index (χ1n) is 10.8. The van der Waals surface area contributed by atoms with Crippen LogP contribution in [0.3, 0.4) is 0 Å². The van der Waals surface area contributed by atoms with E-state index in [1.54, 1.807) is 66.7 Å². The van der Waals surface area contributed by atoms with Crippen LogP contribution in [0, 0.1) is 0 Å². The Labute approximate surface area is 208 Å². The number of rotatable bonds is 5. The summed E-state index contributed by atoms with van der Waals surface area (Å²) in [5.74, 6) is -0.956. The molecule has 35 heavy (non-hydrogen) atoms. The summed E-state index contributed by atoms with van der Waals surface area (Å²) in [6, 6.07) is 18.3. The summed E-state index contributed by atoms with van der Waals surface area (Å²) >= 11 is 12.3. The van der Waals surface area contributed by atoms with Gasteiger partial charge in [-0.25, -0.2) is 9.59 Å². The van der Waals surface area contributed by atoms with Gasteiger partial charge in [0.05, 0.1) is 31.9 Å². The van der Waals surface area contributed by atoms with Crippen molar-refractivity contribution in [1.82, 2.24) is 0 Å². The molecular weight excluding hydrogens is 491 g/mol. The lowest BCUT2D eigenvalue weighted by Crippen LogP contribution is -2.18. The molecule has 5 rings (SSSR count). The molecule has 2 aromatic heterocycles. The molecule has 0 aliphatic carbocycles. The largest absolute Gasteiger partial charge is 0.507 e. The molecule has 0 spiro atoms. The van der Waals surface area contributed by atoms with E-state index in [2.05, 4.69) is 0 Å². The van der Waals surface area contributed by atoms with Crippen LogP contribution in [0.25, 0.3) is 21.9 Å². The van der Waals surface area contributed by atoms with Crippen LogP contribution in [0.4, 0.5) is 0 Å². The maximum absolute atomic E-state index is 12.8. The van der Waals surface area contributed by atoms with Gasteiger partial charge in [-0.2, -0.15) is 0 Å². The first-order chi connectivity index (χ1) is 16.8. The van der Waals surface area contributed by atoms with Crippen molar-refractivity contribution in [3.8, 4) is 11.5 Å². The number of hydrogen-bond acceptors (Lipinski definition) is 6. The number of hydrogen-bond donors (Lipinski definition) is 2. The maximum Gasteiger partial charge on any atom is 0.343 e. The molecule has 0 aliphatic heterocycles. The minimum atomic E-state index is -0.693. The van der Waals surface area contributed by atoms with E-state index in [1.807, 2.05) is 0 Å². The standard InChI is InChI=1S/C27H18Cl2O6/c28-20-10-9-14(13-21(20)29)15(11-18-24(30)16-5-1-3-7-22(16)34-26(18)32)12-19-25(31)17-6-2-4-8-23(17)35-27(19)33/h1-10,13,15,30-31H,11-12H2. The third-order valence-corrected chi connectivity index (χ3v) is 6.81. The highest BCUT2D eigenvalue weighted by molar-refractivity contribution is 6.42. The Balaban J connectivity index is 1.65. The predicted octanol–water partition coefficient (Wildman–Crippen LogP) is 6.19. The monoisotopic (exact) mass is 508 g/mol. The summed E-state index contributed by atoms with van der Waals surface area (Å²) in [6.45, 7) is 0. The molecule has 8 heteroatoms. The molecule has 3 aromatic carbocycles. The summed E-state index contributed by atoms with van der Waals surface area (Å²) in [6.07, 6.45) is 0.00530. The summed E-state index contributed by atoms with van der Waals surface area (Å²) in [4.78, 5) is 25.6. The quantitative estimate of drug-likeness (QED) is 0.274. The molecular formula is C27H18Cl2O6. The summed E-state index contributed by atoms with van der Waals surface area (Å²) in [5, 5.41) is 23.2. The second-order valence-electron chi connectivity index (χ2n) is 8.20. The summed E-state index contributed by atoms with van der Waals surface area (Å²) in [7, 11) is 0. The van der Waals surface area contributed by atoms with E-state index in [1.165, 1.54) is 0 Å². The maximum atomic E-state index is 12.8. The van der Waals surface area contributed by atoms with Gasteiger partial charge in [-0.3, -0.25) is 0 Å². The minimum absolute atomic E-state index is 0.00265. The van der Waals surface area contributed by atoms with Crippen molar-refractivity contribution in [2.45, 2.75) is 18.8 Å². The SMILES string of the molecule is O=c1oc2ccccc2c(O)c1CC(Cc1c(O)c2ccccc2oc1=O)c1ccc(Cl)c(Cl)c1. The van der Waals surface area contributed by atoms with Gasteiger partial charge in [-0.05, 0) is 60.7 Å². The molecule has 2 heterocycles. The van der Waals surface area contributed by atoms with E-state index in [4.69, 9.17) is 32.0 Å². The van der Waals surface area contributed by atoms with Crippen molar-refractivity contribution in [1.29, 1.82) is 0 Å². The molecule has 2 N–H and O–H groups in total. The van der Waals surface area contributed by atoms with Crippen LogP contribution in [-0.2, 0) is 12.8 Å². The van der Waals surface area contributed by atoms with E-state index < -0.39 is 17.2 Å². The lowest BCUT2D eigenvalue weighted by molar-refractivity contribution is 0.443. The molecule has 0 bridgehead atoms. The number of fused-ring (bicyclic) bond motifs is 2. The molecule has 0 unspecified atom stereocenters. The van der Waals surface area contributed by atoms with Crippen LogP contribution in [-0.4, -0.2) is 10.2 Å². The molecule has 6 nitrogen and oxygen atoms in total. The van der Waals surface area contributed by atoms with E-state index in [9.17, 15) is 19.8 Å². The average Bonchev–Trinajstić information content (AvgIpc) is 2.85. The van der Waals surface area contributed by atoms with Gasteiger partial charge in [0.15, 0.2) is 0 Å². The van der Waals surface area contributed by atoms with Crippen LogP contribution in [0.1, 0.15) is 22.6 Å². The van der Waals surface area contributed by atoms with Gasteiger partial charge >= 0.3 is 11.3 Å². The van der Waals surface area contributed by atoms with E-state index in [0.29, 0.717) is 26.4 Å². The van der Waals surface area contributed by atoms with E-state index in [-0.39, 0.29) is 46.6 Å². The van der Waals surface area contributed by atoms with Gasteiger partial charge in [0.25, 0.3) is 0 Å². The van der Waals surface area contributed by atoms with Gasteiger partial charge < -0.3 is 19.0 Å². The van der Waals surface area contributed by atoms with Gasteiger partial charge in [-0.15, -0.1) is 0 Å². The lowest BCUT2D eigenvalue weighted by Gasteiger charge is -2.19. The fraction of sp³-hybridized carbons (Fsp3) is 0.111. The van der Waals surface area contributed by atoms with Crippen LogP contribution >= 0.6 is 23.2 Å². The Kier molecular flexibility index (Phi) is 6.01. The van der Waals surface area contributed by atoms with Gasteiger partial charge in [-0.1, -0.05) is 53.5 Å². The second-order valence-corrected chi connectivity index (χ2v) is 9.02. The van der Waals surface area contributed by atoms with Crippen LogP contribution < -0.4 is 11.3 Å². The summed E-state index contributed by atoms with van der Waals surface area (Å²) in [5.41, 5.74) is -0.121. The zero-order valence-corrected chi connectivity index (χ0v) is 19.6. The van der Waals surface area contributed by atoms with Gasteiger partial charge in [0.2, 0.25) is 0 Å². The fourth-order valence-corrected chi connectivity index (χ4v) is 4.58. The second kappa shape index (κ2) is 9.13. The zero-order chi connectivity index (χ0) is 24.7. The van der Waals surface area contributed by atoms with Gasteiger partial charge in [0, 0.05) is 0 Å². The van der Waals surface area contributed by atoms with E-state index >= 15 is 0 Å². The Morgan fingerprint density at radius 3 is 1.66 bits per heavy atom. The number of para-hydroxylation sites is 2. The molecule has 0 fully saturated rings. The van der Waals surface area contributed by atoms with Crippen molar-refractivity contribution in [2.24, 2.45) is 0 Å². The minimum Gasteiger partial charge on any atom is -0.507 e. The Bertz CT molecular complexity index is 1600. The Morgan fingerprint density at radius 1 is 0.686 bits per heavy atom. The van der Waals surface area contributed by atoms with Crippen molar-refractivity contribution in [2.75, 3.05) is 0 Å². The molecule has 0 radical (unpaired) electrons. The first kappa shape index (κ1) is 23.0. The molecule has 0 amide bonds. The van der Waals surface area contributed by atoms with Crippen molar-refractivity contribution in [3.05, 3.63) is 114 Å².